The van der Waals surface area contributed by atoms with Gasteiger partial charge in [0, 0.05) is 16.1 Å². The summed E-state index contributed by atoms with van der Waals surface area (Å²) in [5, 5.41) is 3.44. The highest BCUT2D eigenvalue weighted by Crippen LogP contribution is 2.38. The third-order valence-electron chi connectivity index (χ3n) is 4.03. The van der Waals surface area contributed by atoms with Gasteiger partial charge in [-0.2, -0.15) is 0 Å². The maximum absolute atomic E-state index is 5.54. The summed E-state index contributed by atoms with van der Waals surface area (Å²) >= 11 is 3.62. The molecule has 0 saturated heterocycles. The van der Waals surface area contributed by atoms with E-state index in [0.717, 1.165) is 16.1 Å². The normalized spacial score (nSPS) is 17.3. The van der Waals surface area contributed by atoms with Crippen LogP contribution in [0.3, 0.4) is 0 Å². The fourth-order valence-electron chi connectivity index (χ4n) is 2.58. The number of benzene rings is 1. The lowest BCUT2D eigenvalue weighted by atomic mass is 9.79. The van der Waals surface area contributed by atoms with Crippen molar-refractivity contribution in [2.45, 2.75) is 38.6 Å². The Morgan fingerprint density at radius 2 is 2.17 bits per heavy atom. The molecule has 18 heavy (non-hydrogen) atoms. The summed E-state index contributed by atoms with van der Waals surface area (Å²) in [6.07, 6.45) is 5.37. The second kappa shape index (κ2) is 6.07. The van der Waals surface area contributed by atoms with Crippen molar-refractivity contribution in [3.63, 3.8) is 0 Å². The molecular formula is C15H22BrNO. The van der Waals surface area contributed by atoms with Crippen molar-refractivity contribution in [1.82, 2.24) is 5.32 Å². The van der Waals surface area contributed by atoms with Gasteiger partial charge in [0.2, 0.25) is 0 Å². The number of ether oxygens (including phenoxy) is 1. The van der Waals surface area contributed by atoms with Crippen LogP contribution in [0, 0.1) is 12.8 Å². The zero-order valence-corrected chi connectivity index (χ0v) is 13.0. The molecule has 2 nitrogen and oxygen atoms in total. The number of nitrogens with one attached hydrogen (secondary N) is 1. The lowest BCUT2D eigenvalue weighted by Gasteiger charge is -2.30. The summed E-state index contributed by atoms with van der Waals surface area (Å²) in [7, 11) is 3.79. The van der Waals surface area contributed by atoms with E-state index >= 15 is 0 Å². The molecule has 0 aromatic heterocycles. The topological polar surface area (TPSA) is 21.3 Å². The molecule has 100 valence electrons. The van der Waals surface area contributed by atoms with Crippen molar-refractivity contribution in [2.75, 3.05) is 14.2 Å². The molecule has 0 radical (unpaired) electrons. The standard InChI is InChI=1S/C15H22BrNO/c1-10-7-15(18-3)12(9-13(10)16)14(17-2)8-11-5-4-6-11/h7,9,11,14,17H,4-6,8H2,1-3H3. The fourth-order valence-corrected chi connectivity index (χ4v) is 2.94. The van der Waals surface area contributed by atoms with Crippen LogP contribution >= 0.6 is 15.9 Å². The molecular weight excluding hydrogens is 290 g/mol. The van der Waals surface area contributed by atoms with E-state index in [1.165, 1.54) is 36.8 Å². The number of hydrogen-bond donors (Lipinski definition) is 1. The molecule has 1 N–H and O–H groups in total. The van der Waals surface area contributed by atoms with Gasteiger partial charge in [0.25, 0.3) is 0 Å². The van der Waals surface area contributed by atoms with Crippen LogP contribution in [0.1, 0.15) is 42.9 Å². The Hall–Kier alpha value is -0.540. The Bertz CT molecular complexity index is 415. The Morgan fingerprint density at radius 3 is 2.67 bits per heavy atom. The molecule has 0 bridgehead atoms. The number of methoxy groups -OCH3 is 1. The third-order valence-corrected chi connectivity index (χ3v) is 4.88. The van der Waals surface area contributed by atoms with Crippen LogP contribution in [0.4, 0.5) is 0 Å². The second-order valence-corrected chi connectivity index (χ2v) is 6.07. The van der Waals surface area contributed by atoms with Gasteiger partial charge in [0.15, 0.2) is 0 Å². The van der Waals surface area contributed by atoms with Crippen molar-refractivity contribution in [1.29, 1.82) is 0 Å². The largest absolute Gasteiger partial charge is 0.496 e. The molecule has 0 heterocycles. The highest BCUT2D eigenvalue weighted by molar-refractivity contribution is 9.10. The summed E-state index contributed by atoms with van der Waals surface area (Å²) in [5.41, 5.74) is 2.48. The van der Waals surface area contributed by atoms with Crippen molar-refractivity contribution in [3.05, 3.63) is 27.7 Å². The average molecular weight is 312 g/mol. The number of rotatable bonds is 5. The van der Waals surface area contributed by atoms with Crippen LogP contribution in [-0.2, 0) is 0 Å². The molecule has 0 amide bonds. The molecule has 1 aromatic carbocycles. The SMILES string of the molecule is CNC(CC1CCC1)c1cc(Br)c(C)cc1OC. The van der Waals surface area contributed by atoms with Crippen LogP contribution in [0.15, 0.2) is 16.6 Å². The predicted molar refractivity (Wildman–Crippen MR) is 79.2 cm³/mol. The minimum absolute atomic E-state index is 0.391. The first-order valence-corrected chi connectivity index (χ1v) is 7.46. The van der Waals surface area contributed by atoms with Crippen molar-refractivity contribution < 1.29 is 4.74 Å². The number of halogens is 1. The maximum Gasteiger partial charge on any atom is 0.123 e. The van der Waals surface area contributed by atoms with Gasteiger partial charge in [-0.05, 0) is 44.0 Å². The monoisotopic (exact) mass is 311 g/mol. The molecule has 0 spiro atoms. The molecule has 1 saturated carbocycles. The lowest BCUT2D eigenvalue weighted by molar-refractivity contribution is 0.263. The van der Waals surface area contributed by atoms with Gasteiger partial charge in [-0.15, -0.1) is 0 Å². The highest BCUT2D eigenvalue weighted by Gasteiger charge is 2.24. The molecule has 1 unspecified atom stereocenters. The molecule has 0 aliphatic heterocycles. The lowest BCUT2D eigenvalue weighted by Crippen LogP contribution is -2.23. The van der Waals surface area contributed by atoms with Gasteiger partial charge in [-0.1, -0.05) is 35.2 Å². The minimum atomic E-state index is 0.391. The summed E-state index contributed by atoms with van der Waals surface area (Å²) in [6, 6.07) is 4.71. The van der Waals surface area contributed by atoms with Gasteiger partial charge < -0.3 is 10.1 Å². The zero-order chi connectivity index (χ0) is 13.1. The number of aryl methyl sites for hydroxylation is 1. The minimum Gasteiger partial charge on any atom is -0.496 e. The van der Waals surface area contributed by atoms with Crippen LogP contribution in [-0.4, -0.2) is 14.2 Å². The van der Waals surface area contributed by atoms with E-state index in [-0.39, 0.29) is 0 Å². The first-order valence-electron chi connectivity index (χ1n) is 6.67. The van der Waals surface area contributed by atoms with Gasteiger partial charge in [-0.25, -0.2) is 0 Å². The Morgan fingerprint density at radius 1 is 1.44 bits per heavy atom. The van der Waals surface area contributed by atoms with Crippen LogP contribution in [0.5, 0.6) is 5.75 Å². The highest BCUT2D eigenvalue weighted by atomic mass is 79.9. The molecule has 1 fully saturated rings. The maximum atomic E-state index is 5.54. The van der Waals surface area contributed by atoms with E-state index in [4.69, 9.17) is 4.74 Å². The summed E-state index contributed by atoms with van der Waals surface area (Å²) < 4.78 is 6.70. The summed E-state index contributed by atoms with van der Waals surface area (Å²) in [6.45, 7) is 2.09. The molecule has 3 heteroatoms. The molecule has 1 aliphatic carbocycles. The Kier molecular flexibility index (Phi) is 4.68. The van der Waals surface area contributed by atoms with E-state index in [2.05, 4.69) is 40.3 Å². The Labute approximate surface area is 118 Å². The Balaban J connectivity index is 2.24. The van der Waals surface area contributed by atoms with Crippen molar-refractivity contribution >= 4 is 15.9 Å². The van der Waals surface area contributed by atoms with E-state index in [9.17, 15) is 0 Å². The van der Waals surface area contributed by atoms with E-state index < -0.39 is 0 Å². The van der Waals surface area contributed by atoms with Crippen molar-refractivity contribution in [3.8, 4) is 5.75 Å². The van der Waals surface area contributed by atoms with Gasteiger partial charge in [-0.3, -0.25) is 0 Å². The summed E-state index contributed by atoms with van der Waals surface area (Å²) in [5.74, 6) is 1.88. The van der Waals surface area contributed by atoms with Crippen LogP contribution < -0.4 is 10.1 Å². The van der Waals surface area contributed by atoms with Gasteiger partial charge in [0.1, 0.15) is 5.75 Å². The van der Waals surface area contributed by atoms with Gasteiger partial charge in [0.05, 0.1) is 7.11 Å². The average Bonchev–Trinajstić information content (AvgIpc) is 2.31. The van der Waals surface area contributed by atoms with Gasteiger partial charge >= 0.3 is 0 Å². The first-order chi connectivity index (χ1) is 8.65. The predicted octanol–water partition coefficient (Wildman–Crippen LogP) is 4.22. The smallest absolute Gasteiger partial charge is 0.123 e. The van der Waals surface area contributed by atoms with E-state index in [1.807, 2.05) is 7.05 Å². The van der Waals surface area contributed by atoms with E-state index in [0.29, 0.717) is 6.04 Å². The summed E-state index contributed by atoms with van der Waals surface area (Å²) in [4.78, 5) is 0. The molecule has 1 aromatic rings. The van der Waals surface area contributed by atoms with Crippen molar-refractivity contribution in [2.24, 2.45) is 5.92 Å². The van der Waals surface area contributed by atoms with E-state index in [1.54, 1.807) is 7.11 Å². The molecule has 2 rings (SSSR count). The quantitative estimate of drug-likeness (QED) is 0.879. The van der Waals surface area contributed by atoms with Crippen LogP contribution in [0.2, 0.25) is 0 Å². The first kappa shape index (κ1) is 13.9. The second-order valence-electron chi connectivity index (χ2n) is 5.22. The molecule has 1 aliphatic rings. The molecule has 1 atom stereocenters. The number of hydrogen-bond acceptors (Lipinski definition) is 2. The third kappa shape index (κ3) is 2.89. The fraction of sp³-hybridized carbons (Fsp3) is 0.600. The van der Waals surface area contributed by atoms with Crippen LogP contribution in [0.25, 0.3) is 0 Å². The zero-order valence-electron chi connectivity index (χ0n) is 11.4.